The lowest BCUT2D eigenvalue weighted by molar-refractivity contribution is -0.138. The minimum Gasteiger partial charge on any atom is -0.493 e. The monoisotopic (exact) mass is 520 g/mol. The molecule has 4 rings (SSSR count). The number of piperazine rings is 1. The van der Waals surface area contributed by atoms with Gasteiger partial charge in [0.1, 0.15) is 5.75 Å². The molecule has 3 amide bonds. The van der Waals surface area contributed by atoms with Gasteiger partial charge in [-0.25, -0.2) is 0 Å². The summed E-state index contributed by atoms with van der Waals surface area (Å²) in [4.78, 5) is 41.3. The van der Waals surface area contributed by atoms with Gasteiger partial charge in [0, 0.05) is 18.7 Å². The first-order valence-electron chi connectivity index (χ1n) is 10.5. The van der Waals surface area contributed by atoms with Crippen LogP contribution in [0, 0.1) is 0 Å². The number of methoxy groups -OCH3 is 1. The molecule has 1 saturated heterocycles. The standard InChI is InChI=1S/C23H19F3N4O5S/c1-34-17-8-12(9-18-21(33)29-22(36-18)30-7-6-28-19(31)11-30)2-4-16(17)35-15-5-3-13(20(27)32)10-14(15)23(24,25)26/h2-5,8-10H,6-7,11H2,1H3,(H2,27,32)(H,28,31)/b18-9-. The number of amides is 3. The zero-order chi connectivity index (χ0) is 26.0. The highest BCUT2D eigenvalue weighted by Gasteiger charge is 2.35. The Morgan fingerprint density at radius 1 is 1.17 bits per heavy atom. The minimum absolute atomic E-state index is 0.0151. The zero-order valence-corrected chi connectivity index (χ0v) is 19.5. The summed E-state index contributed by atoms with van der Waals surface area (Å²) in [5.41, 5.74) is 4.13. The minimum atomic E-state index is -4.80. The fourth-order valence-electron chi connectivity index (χ4n) is 3.46. The van der Waals surface area contributed by atoms with Crippen LogP contribution in [0.3, 0.4) is 0 Å². The number of amidine groups is 1. The number of carbonyl (C=O) groups excluding carboxylic acids is 3. The predicted octanol–water partition coefficient (Wildman–Crippen LogP) is 3.01. The number of nitrogens with two attached hydrogens (primary N) is 1. The molecule has 2 heterocycles. The van der Waals surface area contributed by atoms with Crippen LogP contribution in [0.2, 0.25) is 0 Å². The van der Waals surface area contributed by atoms with Gasteiger partial charge in [-0.2, -0.15) is 18.2 Å². The molecule has 0 radical (unpaired) electrons. The van der Waals surface area contributed by atoms with E-state index in [9.17, 15) is 27.6 Å². The number of hydrogen-bond donors (Lipinski definition) is 2. The van der Waals surface area contributed by atoms with Crippen LogP contribution in [0.25, 0.3) is 6.08 Å². The molecule has 0 aliphatic carbocycles. The fourth-order valence-corrected chi connectivity index (χ4v) is 4.40. The first-order chi connectivity index (χ1) is 17.0. The van der Waals surface area contributed by atoms with E-state index in [0.29, 0.717) is 34.8 Å². The molecule has 1 fully saturated rings. The van der Waals surface area contributed by atoms with Gasteiger partial charge < -0.3 is 25.4 Å². The normalized spacial score (nSPS) is 17.2. The van der Waals surface area contributed by atoms with Crippen molar-refractivity contribution in [1.29, 1.82) is 0 Å². The van der Waals surface area contributed by atoms with Crippen molar-refractivity contribution in [2.45, 2.75) is 6.18 Å². The van der Waals surface area contributed by atoms with Gasteiger partial charge in [0.05, 0.1) is 24.1 Å². The topological polar surface area (TPSA) is 123 Å². The number of primary amides is 1. The molecule has 0 saturated carbocycles. The summed E-state index contributed by atoms with van der Waals surface area (Å²) in [7, 11) is 1.32. The number of carbonyl (C=O) groups is 3. The summed E-state index contributed by atoms with van der Waals surface area (Å²) >= 11 is 1.12. The first kappa shape index (κ1) is 25.1. The van der Waals surface area contributed by atoms with E-state index in [1.54, 1.807) is 11.0 Å². The molecule has 2 aliphatic heterocycles. The van der Waals surface area contributed by atoms with Gasteiger partial charge >= 0.3 is 6.18 Å². The number of ether oxygens (including phenoxy) is 2. The van der Waals surface area contributed by atoms with Crippen molar-refractivity contribution in [2.24, 2.45) is 10.7 Å². The van der Waals surface area contributed by atoms with E-state index in [2.05, 4.69) is 10.3 Å². The van der Waals surface area contributed by atoms with Crippen molar-refractivity contribution < 1.29 is 37.0 Å². The van der Waals surface area contributed by atoms with Crippen molar-refractivity contribution in [3.63, 3.8) is 0 Å². The second kappa shape index (κ2) is 9.93. The van der Waals surface area contributed by atoms with Crippen molar-refractivity contribution in [2.75, 3.05) is 26.7 Å². The van der Waals surface area contributed by atoms with Crippen LogP contribution < -0.4 is 20.5 Å². The third-order valence-corrected chi connectivity index (χ3v) is 6.24. The van der Waals surface area contributed by atoms with E-state index >= 15 is 0 Å². The average Bonchev–Trinajstić information content (AvgIpc) is 3.19. The van der Waals surface area contributed by atoms with Crippen molar-refractivity contribution in [3.05, 3.63) is 58.0 Å². The fraction of sp³-hybridized carbons (Fsp3) is 0.217. The van der Waals surface area contributed by atoms with E-state index < -0.39 is 29.3 Å². The molecule has 9 nitrogen and oxygen atoms in total. The predicted molar refractivity (Wildman–Crippen MR) is 126 cm³/mol. The van der Waals surface area contributed by atoms with Crippen molar-refractivity contribution in [1.82, 2.24) is 10.2 Å². The lowest BCUT2D eigenvalue weighted by Gasteiger charge is -2.27. The van der Waals surface area contributed by atoms with Gasteiger partial charge in [-0.1, -0.05) is 6.07 Å². The molecule has 2 aromatic rings. The molecule has 2 aliphatic rings. The second-order valence-corrected chi connectivity index (χ2v) is 8.68. The average molecular weight is 520 g/mol. The molecule has 0 atom stereocenters. The number of aliphatic imine (C=N–C) groups is 1. The molecule has 3 N–H and O–H groups in total. The number of alkyl halides is 3. The summed E-state index contributed by atoms with van der Waals surface area (Å²) in [5.74, 6) is -2.07. The van der Waals surface area contributed by atoms with E-state index in [-0.39, 0.29) is 29.5 Å². The molecule has 13 heteroatoms. The van der Waals surface area contributed by atoms with Crippen LogP contribution in [0.4, 0.5) is 13.2 Å². The van der Waals surface area contributed by atoms with Crippen LogP contribution in [-0.2, 0) is 15.8 Å². The summed E-state index contributed by atoms with van der Waals surface area (Å²) in [6.45, 7) is 1.08. The van der Waals surface area contributed by atoms with Crippen LogP contribution >= 0.6 is 11.8 Å². The Bertz CT molecular complexity index is 1310. The molecular formula is C23H19F3N4O5S. The van der Waals surface area contributed by atoms with Gasteiger partial charge in [-0.05, 0) is 53.7 Å². The molecule has 0 unspecified atom stereocenters. The first-order valence-corrected chi connectivity index (χ1v) is 11.3. The van der Waals surface area contributed by atoms with Gasteiger partial charge in [-0.15, -0.1) is 0 Å². The molecule has 36 heavy (non-hydrogen) atoms. The number of hydrogen-bond acceptors (Lipinski definition) is 7. The maximum atomic E-state index is 13.6. The SMILES string of the molecule is COc1cc(/C=C2\SC(N3CCNC(=O)C3)=NC2=O)ccc1Oc1ccc(C(N)=O)cc1C(F)(F)F. The Morgan fingerprint density at radius 3 is 2.58 bits per heavy atom. The van der Waals surface area contributed by atoms with Crippen molar-refractivity contribution >= 4 is 40.7 Å². The maximum Gasteiger partial charge on any atom is 0.420 e. The Kier molecular flexibility index (Phi) is 6.93. The number of halogens is 3. The lowest BCUT2D eigenvalue weighted by Crippen LogP contribution is -2.49. The summed E-state index contributed by atoms with van der Waals surface area (Å²) in [5, 5.41) is 3.12. The second-order valence-electron chi connectivity index (χ2n) is 7.67. The summed E-state index contributed by atoms with van der Waals surface area (Å²) in [6, 6.07) is 7.18. The number of benzene rings is 2. The molecule has 188 valence electrons. The van der Waals surface area contributed by atoms with Gasteiger partial charge in [0.25, 0.3) is 5.91 Å². The zero-order valence-electron chi connectivity index (χ0n) is 18.7. The lowest BCUT2D eigenvalue weighted by atomic mass is 10.1. The van der Waals surface area contributed by atoms with Gasteiger partial charge in [0.15, 0.2) is 16.7 Å². The van der Waals surface area contributed by atoms with Crippen molar-refractivity contribution in [3.8, 4) is 17.2 Å². The third kappa shape index (κ3) is 5.46. The number of nitrogens with one attached hydrogen (secondary N) is 1. The van der Waals surface area contributed by atoms with E-state index in [1.165, 1.54) is 25.3 Å². The number of nitrogens with zero attached hydrogens (tertiary/aromatic N) is 2. The largest absolute Gasteiger partial charge is 0.493 e. The Balaban J connectivity index is 1.57. The van der Waals surface area contributed by atoms with Gasteiger partial charge in [-0.3, -0.25) is 14.4 Å². The molecule has 0 aromatic heterocycles. The number of rotatable bonds is 5. The maximum absolute atomic E-state index is 13.6. The number of thioether (sulfide) groups is 1. The Morgan fingerprint density at radius 2 is 1.92 bits per heavy atom. The smallest absolute Gasteiger partial charge is 0.420 e. The Labute approximate surface area is 207 Å². The quantitative estimate of drug-likeness (QED) is 0.581. The summed E-state index contributed by atoms with van der Waals surface area (Å²) < 4.78 is 51.4. The van der Waals surface area contributed by atoms with E-state index in [0.717, 1.165) is 23.9 Å². The Hall–Kier alpha value is -4.00. The van der Waals surface area contributed by atoms with Crippen LogP contribution in [0.15, 0.2) is 46.3 Å². The van der Waals surface area contributed by atoms with Crippen LogP contribution in [0.1, 0.15) is 21.5 Å². The molecule has 0 spiro atoms. The van der Waals surface area contributed by atoms with E-state index in [1.807, 2.05) is 0 Å². The highest BCUT2D eigenvalue weighted by Crippen LogP contribution is 2.41. The highest BCUT2D eigenvalue weighted by molar-refractivity contribution is 8.18. The molecular weight excluding hydrogens is 501 g/mol. The molecule has 0 bridgehead atoms. The third-order valence-electron chi connectivity index (χ3n) is 5.19. The van der Waals surface area contributed by atoms with E-state index in [4.69, 9.17) is 15.2 Å². The van der Waals surface area contributed by atoms with Crippen LogP contribution in [0.5, 0.6) is 17.2 Å². The molecule has 2 aromatic carbocycles. The van der Waals surface area contributed by atoms with Crippen LogP contribution in [-0.4, -0.2) is 54.5 Å². The highest BCUT2D eigenvalue weighted by atomic mass is 32.2. The summed E-state index contributed by atoms with van der Waals surface area (Å²) in [6.07, 6.45) is -3.24. The van der Waals surface area contributed by atoms with Gasteiger partial charge in [0.2, 0.25) is 11.8 Å².